The number of nitrogens with zero attached hydrogens (tertiary/aromatic N) is 4. The molecule has 0 aliphatic carbocycles. The first-order valence-corrected chi connectivity index (χ1v) is 5.29. The first-order valence-electron chi connectivity index (χ1n) is 5.29. The van der Waals surface area contributed by atoms with Crippen LogP contribution < -0.4 is 4.90 Å². The van der Waals surface area contributed by atoms with Gasteiger partial charge < -0.3 is 9.64 Å². The number of nitriles is 1. The molecule has 2 rings (SSSR count). The Morgan fingerprint density at radius 3 is 2.88 bits per heavy atom. The Hall–Kier alpha value is -1.67. The van der Waals surface area contributed by atoms with E-state index in [1.54, 1.807) is 6.20 Å². The zero-order chi connectivity index (χ0) is 11.5. The maximum atomic E-state index is 8.97. The number of hydrogen-bond acceptors (Lipinski definition) is 5. The van der Waals surface area contributed by atoms with Crippen LogP contribution in [0.1, 0.15) is 19.0 Å². The van der Waals surface area contributed by atoms with Gasteiger partial charge >= 0.3 is 0 Å². The summed E-state index contributed by atoms with van der Waals surface area (Å²) in [5.74, 6) is 0.632. The molecule has 0 amide bonds. The average Bonchev–Trinajstić information content (AvgIpc) is 2.74. The highest BCUT2D eigenvalue weighted by atomic mass is 16.5. The van der Waals surface area contributed by atoms with Gasteiger partial charge in [0.15, 0.2) is 11.5 Å². The second-order valence-electron chi connectivity index (χ2n) is 3.88. The molecule has 1 aliphatic heterocycles. The van der Waals surface area contributed by atoms with Crippen LogP contribution in [0.15, 0.2) is 12.4 Å². The molecule has 2 unspecified atom stereocenters. The van der Waals surface area contributed by atoms with Crippen molar-refractivity contribution in [3.8, 4) is 6.07 Å². The molecule has 5 nitrogen and oxygen atoms in total. The van der Waals surface area contributed by atoms with Gasteiger partial charge in [-0.3, -0.25) is 0 Å². The molecule has 2 atom stereocenters. The van der Waals surface area contributed by atoms with Crippen LogP contribution >= 0.6 is 0 Å². The summed E-state index contributed by atoms with van der Waals surface area (Å²) in [5.41, 5.74) is 0.365. The quantitative estimate of drug-likeness (QED) is 0.740. The molecule has 5 heteroatoms. The standard InChI is InChI=1S/C11H14N4O/c1-8-10(3-6-16-8)15(2)11-9(7-12)13-4-5-14-11/h4-5,8,10H,3,6H2,1-2H3. The zero-order valence-corrected chi connectivity index (χ0v) is 9.42. The van der Waals surface area contributed by atoms with Gasteiger partial charge in [0.05, 0.1) is 12.1 Å². The van der Waals surface area contributed by atoms with Crippen molar-refractivity contribution in [3.63, 3.8) is 0 Å². The van der Waals surface area contributed by atoms with Gasteiger partial charge in [0.2, 0.25) is 0 Å². The maximum absolute atomic E-state index is 8.97. The molecule has 84 valence electrons. The summed E-state index contributed by atoms with van der Waals surface area (Å²) in [7, 11) is 1.93. The first kappa shape index (κ1) is 10.8. The zero-order valence-electron chi connectivity index (χ0n) is 9.42. The van der Waals surface area contributed by atoms with Crippen LogP contribution in [0.5, 0.6) is 0 Å². The average molecular weight is 218 g/mol. The smallest absolute Gasteiger partial charge is 0.183 e. The van der Waals surface area contributed by atoms with Crippen LogP contribution in [0.4, 0.5) is 5.82 Å². The third-order valence-corrected chi connectivity index (χ3v) is 2.95. The number of hydrogen-bond donors (Lipinski definition) is 0. The van der Waals surface area contributed by atoms with Crippen molar-refractivity contribution in [2.75, 3.05) is 18.6 Å². The lowest BCUT2D eigenvalue weighted by Gasteiger charge is -2.27. The summed E-state index contributed by atoms with van der Waals surface area (Å²) in [6.07, 6.45) is 4.26. The SMILES string of the molecule is CC1OCCC1N(C)c1nccnc1C#N. The number of rotatable bonds is 2. The van der Waals surface area contributed by atoms with Crippen molar-refractivity contribution >= 4 is 5.82 Å². The van der Waals surface area contributed by atoms with Crippen molar-refractivity contribution in [1.29, 1.82) is 5.26 Å². The van der Waals surface area contributed by atoms with Crippen LogP contribution in [-0.4, -0.2) is 35.8 Å². The van der Waals surface area contributed by atoms with E-state index in [9.17, 15) is 0 Å². The second-order valence-corrected chi connectivity index (χ2v) is 3.88. The minimum absolute atomic E-state index is 0.165. The summed E-state index contributed by atoms with van der Waals surface area (Å²) in [6, 6.07) is 2.33. The third kappa shape index (κ3) is 1.84. The minimum atomic E-state index is 0.165. The minimum Gasteiger partial charge on any atom is -0.376 e. The van der Waals surface area contributed by atoms with E-state index in [0.29, 0.717) is 11.5 Å². The molecular weight excluding hydrogens is 204 g/mol. The molecule has 0 radical (unpaired) electrons. The van der Waals surface area contributed by atoms with Gasteiger partial charge in [-0.05, 0) is 13.3 Å². The van der Waals surface area contributed by atoms with E-state index in [4.69, 9.17) is 10.00 Å². The van der Waals surface area contributed by atoms with Gasteiger partial charge in [-0.15, -0.1) is 0 Å². The van der Waals surface area contributed by atoms with Crippen LogP contribution in [0.3, 0.4) is 0 Å². The van der Waals surface area contributed by atoms with E-state index >= 15 is 0 Å². The van der Waals surface area contributed by atoms with Gasteiger partial charge in [0.1, 0.15) is 6.07 Å². The highest BCUT2D eigenvalue weighted by Gasteiger charge is 2.29. The lowest BCUT2D eigenvalue weighted by molar-refractivity contribution is 0.118. The van der Waals surface area contributed by atoms with Crippen LogP contribution in [0, 0.1) is 11.3 Å². The van der Waals surface area contributed by atoms with Gasteiger partial charge in [0, 0.05) is 26.0 Å². The fourth-order valence-electron chi connectivity index (χ4n) is 2.05. The molecule has 1 fully saturated rings. The van der Waals surface area contributed by atoms with E-state index in [2.05, 4.69) is 16.0 Å². The summed E-state index contributed by atoms with van der Waals surface area (Å²) in [5, 5.41) is 8.97. The number of ether oxygens (including phenoxy) is 1. The van der Waals surface area contributed by atoms with E-state index in [0.717, 1.165) is 13.0 Å². The van der Waals surface area contributed by atoms with Crippen LogP contribution in [0.25, 0.3) is 0 Å². The van der Waals surface area contributed by atoms with Gasteiger partial charge in [-0.25, -0.2) is 9.97 Å². The van der Waals surface area contributed by atoms with Crippen LogP contribution in [-0.2, 0) is 4.74 Å². The number of aromatic nitrogens is 2. The molecule has 16 heavy (non-hydrogen) atoms. The molecule has 1 aromatic heterocycles. The number of likely N-dealkylation sites (N-methyl/N-ethyl adjacent to an activating group) is 1. The normalized spacial score (nSPS) is 24.1. The van der Waals surface area contributed by atoms with Crippen molar-refractivity contribution in [3.05, 3.63) is 18.1 Å². The maximum Gasteiger partial charge on any atom is 0.183 e. The van der Waals surface area contributed by atoms with E-state index in [1.807, 2.05) is 18.9 Å². The molecular formula is C11H14N4O. The summed E-state index contributed by atoms with van der Waals surface area (Å²) in [4.78, 5) is 10.2. The van der Waals surface area contributed by atoms with Crippen molar-refractivity contribution in [2.24, 2.45) is 0 Å². The van der Waals surface area contributed by atoms with Gasteiger partial charge in [-0.2, -0.15) is 5.26 Å². The number of anilines is 1. The Morgan fingerprint density at radius 1 is 1.50 bits per heavy atom. The highest BCUT2D eigenvalue weighted by Crippen LogP contribution is 2.23. The molecule has 1 aliphatic rings. The Kier molecular flexibility index (Phi) is 3.02. The summed E-state index contributed by atoms with van der Waals surface area (Å²) >= 11 is 0. The third-order valence-electron chi connectivity index (χ3n) is 2.95. The lowest BCUT2D eigenvalue weighted by atomic mass is 10.1. The predicted molar refractivity (Wildman–Crippen MR) is 59.0 cm³/mol. The molecule has 0 aromatic carbocycles. The Bertz CT molecular complexity index is 415. The van der Waals surface area contributed by atoms with E-state index in [1.165, 1.54) is 6.20 Å². The lowest BCUT2D eigenvalue weighted by Crippen LogP contribution is -2.37. The summed E-state index contributed by atoms with van der Waals surface area (Å²) in [6.45, 7) is 2.80. The summed E-state index contributed by atoms with van der Waals surface area (Å²) < 4.78 is 5.51. The highest BCUT2D eigenvalue weighted by molar-refractivity contribution is 5.49. The van der Waals surface area contributed by atoms with Gasteiger partial charge in [-0.1, -0.05) is 0 Å². The second kappa shape index (κ2) is 4.45. The predicted octanol–water partition coefficient (Wildman–Crippen LogP) is 0.962. The molecule has 2 heterocycles. The largest absolute Gasteiger partial charge is 0.376 e. The van der Waals surface area contributed by atoms with Crippen molar-refractivity contribution in [1.82, 2.24) is 9.97 Å². The van der Waals surface area contributed by atoms with Crippen molar-refractivity contribution < 1.29 is 4.74 Å². The Morgan fingerprint density at radius 2 is 2.25 bits per heavy atom. The molecule has 1 aromatic rings. The first-order chi connectivity index (χ1) is 7.74. The molecule has 0 N–H and O–H groups in total. The Balaban J connectivity index is 2.27. The molecule has 0 bridgehead atoms. The van der Waals surface area contributed by atoms with E-state index in [-0.39, 0.29) is 12.1 Å². The van der Waals surface area contributed by atoms with Crippen LogP contribution in [0.2, 0.25) is 0 Å². The Labute approximate surface area is 94.7 Å². The molecule has 0 saturated carbocycles. The topological polar surface area (TPSA) is 62.0 Å². The van der Waals surface area contributed by atoms with Crippen molar-refractivity contribution in [2.45, 2.75) is 25.5 Å². The van der Waals surface area contributed by atoms with E-state index < -0.39 is 0 Å². The monoisotopic (exact) mass is 218 g/mol. The van der Waals surface area contributed by atoms with Gasteiger partial charge in [0.25, 0.3) is 0 Å². The fourth-order valence-corrected chi connectivity index (χ4v) is 2.05. The molecule has 0 spiro atoms. The fraction of sp³-hybridized carbons (Fsp3) is 0.545. The molecule has 1 saturated heterocycles.